The largest absolute Gasteiger partial charge is 0.298 e. The van der Waals surface area contributed by atoms with Crippen LogP contribution in [0.5, 0.6) is 0 Å². The lowest BCUT2D eigenvalue weighted by Gasteiger charge is -2.06. The molecule has 0 spiro atoms. The molecule has 0 saturated heterocycles. The quantitative estimate of drug-likeness (QED) is 0.680. The average Bonchev–Trinajstić information content (AvgIpc) is 2.16. The molecule has 1 aromatic heterocycles. The Bertz CT molecular complexity index is 410. The zero-order valence-corrected chi connectivity index (χ0v) is 7.29. The lowest BCUT2D eigenvalue weighted by Crippen LogP contribution is -2.01. The molecule has 3 nitrogen and oxygen atoms in total. The summed E-state index contributed by atoms with van der Waals surface area (Å²) < 4.78 is 24.6. The van der Waals surface area contributed by atoms with E-state index in [-0.39, 0.29) is 16.7 Å². The summed E-state index contributed by atoms with van der Waals surface area (Å²) in [5.41, 5.74) is -0.390. The number of aromatic nitrogens is 1. The van der Waals surface area contributed by atoms with Crippen molar-refractivity contribution in [2.75, 3.05) is 0 Å². The van der Waals surface area contributed by atoms with Gasteiger partial charge in [0.25, 0.3) is 6.43 Å². The van der Waals surface area contributed by atoms with Crippen molar-refractivity contribution in [2.24, 2.45) is 0 Å². The second kappa shape index (κ2) is 3.92. The molecule has 72 valence electrons. The minimum absolute atomic E-state index is 0.0365. The first-order chi connectivity index (χ1) is 6.61. The van der Waals surface area contributed by atoms with Gasteiger partial charge in [-0.1, -0.05) is 0 Å². The highest BCUT2D eigenvalue weighted by atomic mass is 19.3. The molecule has 0 amide bonds. The van der Waals surface area contributed by atoms with Gasteiger partial charge < -0.3 is 0 Å². The van der Waals surface area contributed by atoms with Gasteiger partial charge in [-0.05, 0) is 12.5 Å². The molecule has 0 saturated carbocycles. The average molecular weight is 196 g/mol. The van der Waals surface area contributed by atoms with E-state index in [1.807, 2.05) is 0 Å². The fraction of sp³-hybridized carbons (Fsp3) is 0.222. The van der Waals surface area contributed by atoms with Crippen molar-refractivity contribution in [3.63, 3.8) is 0 Å². The van der Waals surface area contributed by atoms with Crippen molar-refractivity contribution < 1.29 is 13.6 Å². The monoisotopic (exact) mass is 196 g/mol. The first kappa shape index (κ1) is 10.3. The van der Waals surface area contributed by atoms with Crippen molar-refractivity contribution in [1.29, 1.82) is 5.26 Å². The van der Waals surface area contributed by atoms with E-state index in [0.717, 1.165) is 6.20 Å². The van der Waals surface area contributed by atoms with Gasteiger partial charge in [0.1, 0.15) is 11.8 Å². The number of nitrogens with zero attached hydrogens (tertiary/aromatic N) is 2. The van der Waals surface area contributed by atoms with Crippen LogP contribution in [0.3, 0.4) is 0 Å². The van der Waals surface area contributed by atoms with E-state index in [4.69, 9.17) is 5.26 Å². The summed E-state index contributed by atoms with van der Waals surface area (Å²) in [5.74, 6) is 0. The molecule has 0 aromatic carbocycles. The minimum Gasteiger partial charge on any atom is -0.298 e. The number of hydrogen-bond donors (Lipinski definition) is 0. The summed E-state index contributed by atoms with van der Waals surface area (Å²) in [6.07, 6.45) is -1.32. The van der Waals surface area contributed by atoms with Crippen LogP contribution >= 0.6 is 0 Å². The van der Waals surface area contributed by atoms with E-state index < -0.39 is 12.1 Å². The standard InChI is InChI=1S/C9H6F2N2O/c1-5-7(2-12)6(4-14)3-13-8(5)9(10)11/h3-4,9H,1H3. The second-order valence-electron chi connectivity index (χ2n) is 2.63. The Morgan fingerprint density at radius 1 is 1.64 bits per heavy atom. The van der Waals surface area contributed by atoms with E-state index in [0.29, 0.717) is 6.29 Å². The predicted octanol–water partition coefficient (Wildman–Crippen LogP) is 2.01. The van der Waals surface area contributed by atoms with E-state index in [2.05, 4.69) is 4.98 Å². The molecule has 14 heavy (non-hydrogen) atoms. The molecule has 0 N–H and O–H groups in total. The van der Waals surface area contributed by atoms with Crippen molar-refractivity contribution in [3.05, 3.63) is 28.6 Å². The molecule has 5 heteroatoms. The molecule has 0 fully saturated rings. The molecule has 0 aliphatic rings. The lowest BCUT2D eigenvalue weighted by molar-refractivity contribution is 0.112. The van der Waals surface area contributed by atoms with Gasteiger partial charge >= 0.3 is 0 Å². The SMILES string of the molecule is Cc1c(C(F)F)ncc(C=O)c1C#N. The number of carbonyl (C=O) groups excluding carboxylic acids is 1. The maximum atomic E-state index is 12.3. The number of halogens is 2. The van der Waals surface area contributed by atoms with Crippen LogP contribution in [-0.4, -0.2) is 11.3 Å². The third-order valence-corrected chi connectivity index (χ3v) is 1.84. The molecule has 0 bridgehead atoms. The van der Waals surface area contributed by atoms with E-state index >= 15 is 0 Å². The van der Waals surface area contributed by atoms with Crippen LogP contribution < -0.4 is 0 Å². The van der Waals surface area contributed by atoms with Crippen LogP contribution in [0.25, 0.3) is 0 Å². The minimum atomic E-state index is -2.73. The normalized spacial score (nSPS) is 9.93. The highest BCUT2D eigenvalue weighted by molar-refractivity contribution is 5.79. The van der Waals surface area contributed by atoms with Crippen molar-refractivity contribution in [1.82, 2.24) is 4.98 Å². The maximum Gasteiger partial charge on any atom is 0.280 e. The van der Waals surface area contributed by atoms with Gasteiger partial charge in [-0.3, -0.25) is 9.78 Å². The van der Waals surface area contributed by atoms with Crippen LogP contribution in [0, 0.1) is 18.3 Å². The summed E-state index contributed by atoms with van der Waals surface area (Å²) in [4.78, 5) is 13.9. The first-order valence-electron chi connectivity index (χ1n) is 3.74. The molecule has 0 aliphatic carbocycles. The maximum absolute atomic E-state index is 12.3. The molecular weight excluding hydrogens is 190 g/mol. The molecule has 1 heterocycles. The Labute approximate surface area is 79.0 Å². The highest BCUT2D eigenvalue weighted by Gasteiger charge is 2.17. The van der Waals surface area contributed by atoms with Crippen LogP contribution in [0.4, 0.5) is 8.78 Å². The molecule has 1 rings (SSSR count). The van der Waals surface area contributed by atoms with Crippen LogP contribution in [0.2, 0.25) is 0 Å². The summed E-state index contributed by atoms with van der Waals surface area (Å²) in [6, 6.07) is 1.71. The fourth-order valence-corrected chi connectivity index (χ4v) is 1.10. The van der Waals surface area contributed by atoms with Gasteiger partial charge in [-0.15, -0.1) is 0 Å². The number of aldehydes is 1. The predicted molar refractivity (Wildman–Crippen MR) is 44.0 cm³/mol. The van der Waals surface area contributed by atoms with E-state index in [1.165, 1.54) is 6.92 Å². The van der Waals surface area contributed by atoms with Gasteiger partial charge in [0, 0.05) is 6.20 Å². The molecule has 1 aromatic rings. The van der Waals surface area contributed by atoms with Crippen LogP contribution in [0.1, 0.15) is 33.6 Å². The number of hydrogen-bond acceptors (Lipinski definition) is 3. The fourth-order valence-electron chi connectivity index (χ4n) is 1.10. The molecular formula is C9H6F2N2O. The number of pyridine rings is 1. The van der Waals surface area contributed by atoms with Gasteiger partial charge in [-0.25, -0.2) is 8.78 Å². The van der Waals surface area contributed by atoms with Gasteiger partial charge in [0.2, 0.25) is 0 Å². The van der Waals surface area contributed by atoms with Crippen molar-refractivity contribution >= 4 is 6.29 Å². The number of rotatable bonds is 2. The Kier molecular flexibility index (Phi) is 2.87. The second-order valence-corrected chi connectivity index (χ2v) is 2.63. The number of carbonyl (C=O) groups is 1. The third kappa shape index (κ3) is 1.59. The molecule has 0 atom stereocenters. The zero-order valence-electron chi connectivity index (χ0n) is 7.29. The zero-order chi connectivity index (χ0) is 10.7. The van der Waals surface area contributed by atoms with Gasteiger partial charge in [-0.2, -0.15) is 5.26 Å². The summed E-state index contributed by atoms with van der Waals surface area (Å²) >= 11 is 0. The summed E-state index contributed by atoms with van der Waals surface area (Å²) in [7, 11) is 0. The summed E-state index contributed by atoms with van der Waals surface area (Å²) in [6.45, 7) is 1.35. The van der Waals surface area contributed by atoms with Gasteiger partial charge in [0.15, 0.2) is 6.29 Å². The van der Waals surface area contributed by atoms with E-state index in [9.17, 15) is 13.6 Å². The number of alkyl halides is 2. The Morgan fingerprint density at radius 2 is 2.29 bits per heavy atom. The number of nitriles is 1. The van der Waals surface area contributed by atoms with Crippen molar-refractivity contribution in [2.45, 2.75) is 13.3 Å². The lowest BCUT2D eigenvalue weighted by atomic mass is 10.0. The topological polar surface area (TPSA) is 53.8 Å². The Hall–Kier alpha value is -1.83. The van der Waals surface area contributed by atoms with E-state index in [1.54, 1.807) is 6.07 Å². The van der Waals surface area contributed by atoms with Crippen LogP contribution in [-0.2, 0) is 0 Å². The molecule has 0 aliphatic heterocycles. The molecule has 0 radical (unpaired) electrons. The molecule has 0 unspecified atom stereocenters. The van der Waals surface area contributed by atoms with Crippen molar-refractivity contribution in [3.8, 4) is 6.07 Å². The first-order valence-corrected chi connectivity index (χ1v) is 3.74. The Morgan fingerprint density at radius 3 is 2.71 bits per heavy atom. The third-order valence-electron chi connectivity index (χ3n) is 1.84. The smallest absolute Gasteiger partial charge is 0.280 e. The Balaban J connectivity index is 3.44. The highest BCUT2D eigenvalue weighted by Crippen LogP contribution is 2.23. The van der Waals surface area contributed by atoms with Gasteiger partial charge in [0.05, 0.1) is 11.1 Å². The van der Waals surface area contributed by atoms with Crippen LogP contribution in [0.15, 0.2) is 6.20 Å². The summed E-state index contributed by atoms with van der Waals surface area (Å²) in [5, 5.41) is 8.66.